The molecular weight excluding hydrogens is 520 g/mol. The first kappa shape index (κ1) is 25.2. The van der Waals surface area contributed by atoms with E-state index in [1.165, 1.54) is 6.26 Å². The fraction of sp³-hybridized carbons (Fsp3) is 0.346. The van der Waals surface area contributed by atoms with Gasteiger partial charge in [0.25, 0.3) is 0 Å². The Morgan fingerprint density at radius 1 is 1.10 bits per heavy atom. The molecule has 2 N–H and O–H groups in total. The van der Waals surface area contributed by atoms with Crippen LogP contribution >= 0.6 is 0 Å². The van der Waals surface area contributed by atoms with Crippen LogP contribution in [0.15, 0.2) is 53.2 Å². The number of pyridine rings is 1. The number of amides is 1. The van der Waals surface area contributed by atoms with Gasteiger partial charge in [0.1, 0.15) is 27.2 Å². The molecule has 5 aromatic rings. The average molecular weight is 549 g/mol. The van der Waals surface area contributed by atoms with Gasteiger partial charge in [-0.25, -0.2) is 17.9 Å². The zero-order valence-corrected chi connectivity index (χ0v) is 22.4. The van der Waals surface area contributed by atoms with Gasteiger partial charge >= 0.3 is 0 Å². The molecule has 202 valence electrons. The van der Waals surface area contributed by atoms with Gasteiger partial charge < -0.3 is 15.1 Å². The molecular formula is C26H28N8O4S. The van der Waals surface area contributed by atoms with Crippen LogP contribution in [0, 0.1) is 5.92 Å². The second kappa shape index (κ2) is 9.89. The molecule has 12 nitrogen and oxygen atoms in total. The van der Waals surface area contributed by atoms with Crippen molar-refractivity contribution in [3.63, 3.8) is 0 Å². The Hall–Kier alpha value is -4.10. The SMILES string of the molecule is CC(c1ccc2nc(NC(=O)C3CC3)cn2n1)c1nnc2ccc(-c3ccc(CNCCS(C)(=O)=O)o3)cn12. The van der Waals surface area contributed by atoms with E-state index in [1.807, 2.05) is 53.9 Å². The zero-order valence-electron chi connectivity index (χ0n) is 21.5. The Bertz CT molecular complexity index is 1780. The minimum absolute atomic E-state index is 0.00428. The van der Waals surface area contributed by atoms with Gasteiger partial charge in [0.2, 0.25) is 5.91 Å². The van der Waals surface area contributed by atoms with Crippen LogP contribution in [0.2, 0.25) is 0 Å². The Kier molecular flexibility index (Phi) is 6.39. The maximum absolute atomic E-state index is 12.1. The summed E-state index contributed by atoms with van der Waals surface area (Å²) in [6.45, 7) is 2.80. The summed E-state index contributed by atoms with van der Waals surface area (Å²) in [5.74, 6) is 2.60. The summed E-state index contributed by atoms with van der Waals surface area (Å²) in [6, 6.07) is 11.3. The topological polar surface area (TPSA) is 149 Å². The zero-order chi connectivity index (χ0) is 27.1. The first-order valence-electron chi connectivity index (χ1n) is 12.7. The maximum atomic E-state index is 12.1. The lowest BCUT2D eigenvalue weighted by atomic mass is 10.1. The lowest BCUT2D eigenvalue weighted by Crippen LogP contribution is -2.21. The summed E-state index contributed by atoms with van der Waals surface area (Å²) < 4.78 is 32.2. The number of furan rings is 1. The van der Waals surface area contributed by atoms with Crippen molar-refractivity contribution >= 4 is 32.9 Å². The minimum atomic E-state index is -3.01. The fourth-order valence-electron chi connectivity index (χ4n) is 4.34. The van der Waals surface area contributed by atoms with Crippen molar-refractivity contribution in [2.24, 2.45) is 5.92 Å². The number of hydrogen-bond donors (Lipinski definition) is 2. The van der Waals surface area contributed by atoms with E-state index in [4.69, 9.17) is 9.52 Å². The van der Waals surface area contributed by atoms with Crippen molar-refractivity contribution in [1.29, 1.82) is 0 Å². The fourth-order valence-corrected chi connectivity index (χ4v) is 4.86. The molecule has 0 saturated heterocycles. The first-order chi connectivity index (χ1) is 18.7. The van der Waals surface area contributed by atoms with Crippen LogP contribution in [0.25, 0.3) is 22.6 Å². The summed E-state index contributed by atoms with van der Waals surface area (Å²) in [6.07, 6.45) is 6.73. The third kappa shape index (κ3) is 5.54. The molecule has 0 aliphatic heterocycles. The molecule has 5 aromatic heterocycles. The lowest BCUT2D eigenvalue weighted by molar-refractivity contribution is -0.117. The third-order valence-electron chi connectivity index (χ3n) is 6.69. The van der Waals surface area contributed by atoms with E-state index in [1.54, 1.807) is 10.7 Å². The van der Waals surface area contributed by atoms with Crippen LogP contribution in [0.4, 0.5) is 5.82 Å². The Morgan fingerprint density at radius 3 is 2.72 bits per heavy atom. The summed E-state index contributed by atoms with van der Waals surface area (Å²) in [7, 11) is -3.01. The van der Waals surface area contributed by atoms with E-state index in [0.717, 1.165) is 29.9 Å². The van der Waals surface area contributed by atoms with E-state index in [0.29, 0.717) is 41.7 Å². The van der Waals surface area contributed by atoms with Crippen molar-refractivity contribution in [1.82, 2.24) is 34.5 Å². The molecule has 5 heterocycles. The number of carbonyl (C=O) groups is 1. The van der Waals surface area contributed by atoms with Gasteiger partial charge in [-0.05, 0) is 56.2 Å². The van der Waals surface area contributed by atoms with Crippen LogP contribution in [0.3, 0.4) is 0 Å². The standard InChI is InChI=1S/C26H28N8O4S/c1-16(20-7-10-23-28-22(15-34(23)32-20)29-26(35)17-3-4-17)25-31-30-24-9-5-18(14-33(24)25)21-8-6-19(38-21)13-27-11-12-39(2,36)37/h5-10,14-17,27H,3-4,11-13H2,1-2H3,(H,29,35). The van der Waals surface area contributed by atoms with Gasteiger partial charge in [0.05, 0.1) is 30.1 Å². The third-order valence-corrected chi connectivity index (χ3v) is 7.64. The Balaban J connectivity index is 1.20. The molecule has 1 fully saturated rings. The van der Waals surface area contributed by atoms with E-state index in [2.05, 4.69) is 25.8 Å². The predicted octanol–water partition coefficient (Wildman–Crippen LogP) is 2.67. The van der Waals surface area contributed by atoms with Gasteiger partial charge in [-0.2, -0.15) is 5.10 Å². The van der Waals surface area contributed by atoms with Crippen molar-refractivity contribution in [2.45, 2.75) is 32.2 Å². The Morgan fingerprint density at radius 2 is 1.92 bits per heavy atom. The second-order valence-corrected chi connectivity index (χ2v) is 12.2. The molecule has 1 unspecified atom stereocenters. The highest BCUT2D eigenvalue weighted by Gasteiger charge is 2.30. The number of imidazole rings is 1. The largest absolute Gasteiger partial charge is 0.460 e. The predicted molar refractivity (Wildman–Crippen MR) is 144 cm³/mol. The number of sulfone groups is 1. The number of carbonyl (C=O) groups excluding carboxylic acids is 1. The van der Waals surface area contributed by atoms with Crippen LogP contribution in [-0.2, 0) is 21.2 Å². The number of rotatable bonds is 10. The van der Waals surface area contributed by atoms with Crippen molar-refractivity contribution in [2.75, 3.05) is 23.9 Å². The summed E-state index contributed by atoms with van der Waals surface area (Å²) >= 11 is 0. The molecule has 0 aromatic carbocycles. The van der Waals surface area contributed by atoms with E-state index >= 15 is 0 Å². The van der Waals surface area contributed by atoms with E-state index in [-0.39, 0.29) is 23.5 Å². The van der Waals surface area contributed by atoms with Crippen LogP contribution in [0.5, 0.6) is 0 Å². The van der Waals surface area contributed by atoms with Gasteiger partial charge in [-0.15, -0.1) is 10.2 Å². The lowest BCUT2D eigenvalue weighted by Gasteiger charge is -2.10. The number of hydrogen-bond acceptors (Lipinski definition) is 9. The molecule has 0 bridgehead atoms. The van der Waals surface area contributed by atoms with Crippen molar-refractivity contribution < 1.29 is 17.6 Å². The van der Waals surface area contributed by atoms with Gasteiger partial charge in [0.15, 0.2) is 17.1 Å². The summed E-state index contributed by atoms with van der Waals surface area (Å²) in [5.41, 5.74) is 2.97. The van der Waals surface area contributed by atoms with Crippen LogP contribution in [-0.4, -0.2) is 62.1 Å². The van der Waals surface area contributed by atoms with Crippen molar-refractivity contribution in [3.8, 4) is 11.3 Å². The molecule has 39 heavy (non-hydrogen) atoms. The highest BCUT2D eigenvalue weighted by molar-refractivity contribution is 7.90. The molecule has 6 rings (SSSR count). The molecule has 1 saturated carbocycles. The number of nitrogens with one attached hydrogen (secondary N) is 2. The molecule has 1 aliphatic carbocycles. The van der Waals surface area contributed by atoms with Gasteiger partial charge in [-0.1, -0.05) is 0 Å². The molecule has 13 heteroatoms. The van der Waals surface area contributed by atoms with E-state index < -0.39 is 9.84 Å². The summed E-state index contributed by atoms with van der Waals surface area (Å²) in [5, 5.41) is 19.4. The number of anilines is 1. The number of nitrogens with zero attached hydrogens (tertiary/aromatic N) is 6. The summed E-state index contributed by atoms with van der Waals surface area (Å²) in [4.78, 5) is 16.6. The van der Waals surface area contributed by atoms with Crippen molar-refractivity contribution in [3.05, 3.63) is 66.1 Å². The quantitative estimate of drug-likeness (QED) is 0.251. The van der Waals surface area contributed by atoms with Gasteiger partial charge in [0, 0.05) is 30.5 Å². The van der Waals surface area contributed by atoms with Gasteiger partial charge in [-0.3, -0.25) is 9.20 Å². The molecule has 1 amide bonds. The average Bonchev–Trinajstić information content (AvgIpc) is 3.31. The highest BCUT2D eigenvalue weighted by Crippen LogP contribution is 2.30. The Labute approximate surface area is 224 Å². The normalized spacial score (nSPS) is 14.7. The smallest absolute Gasteiger partial charge is 0.228 e. The number of aromatic nitrogens is 6. The van der Waals surface area contributed by atoms with E-state index in [9.17, 15) is 13.2 Å². The first-order valence-corrected chi connectivity index (χ1v) is 14.8. The van der Waals surface area contributed by atoms with Crippen LogP contribution in [0.1, 0.15) is 43.0 Å². The maximum Gasteiger partial charge on any atom is 0.228 e. The molecule has 1 aliphatic rings. The molecule has 0 spiro atoms. The second-order valence-electron chi connectivity index (χ2n) is 9.95. The molecule has 1 atom stereocenters. The monoisotopic (exact) mass is 548 g/mol. The van der Waals surface area contributed by atoms with Crippen LogP contribution < -0.4 is 10.6 Å². The number of fused-ring (bicyclic) bond motifs is 2. The highest BCUT2D eigenvalue weighted by atomic mass is 32.2. The minimum Gasteiger partial charge on any atom is -0.460 e. The molecule has 0 radical (unpaired) electrons.